The maximum atomic E-state index is 13.4. The van der Waals surface area contributed by atoms with Crippen molar-refractivity contribution in [1.29, 1.82) is 0 Å². The molecule has 9 heteroatoms. The van der Waals surface area contributed by atoms with Crippen LogP contribution in [0.15, 0.2) is 63.8 Å². The Hall–Kier alpha value is -3.46. The first-order chi connectivity index (χ1) is 15.9. The Balaban J connectivity index is 1.74. The number of fused-ring (bicyclic) bond motifs is 1. The summed E-state index contributed by atoms with van der Waals surface area (Å²) in [6, 6.07) is 13.4. The number of thiophene rings is 1. The molecule has 0 aliphatic rings. The van der Waals surface area contributed by atoms with Gasteiger partial charge in [0.2, 0.25) is 5.91 Å². The molecule has 0 saturated heterocycles. The number of nitrogens with zero attached hydrogens (tertiary/aromatic N) is 4. The second kappa shape index (κ2) is 9.99. The van der Waals surface area contributed by atoms with Crippen LogP contribution >= 0.6 is 11.3 Å². The first-order valence-electron chi connectivity index (χ1n) is 11.0. The highest BCUT2D eigenvalue weighted by Gasteiger charge is 2.20. The molecule has 4 aromatic rings. The highest BCUT2D eigenvalue weighted by Crippen LogP contribution is 2.12. The fourth-order valence-electron chi connectivity index (χ4n) is 3.65. The van der Waals surface area contributed by atoms with Crippen molar-refractivity contribution in [3.8, 4) is 0 Å². The quantitative estimate of drug-likeness (QED) is 0.412. The largest absolute Gasteiger partial charge is 0.350 e. The van der Waals surface area contributed by atoms with E-state index < -0.39 is 11.2 Å². The fraction of sp³-hybridized carbons (Fsp3) is 0.333. The molecule has 0 spiro atoms. The monoisotopic (exact) mass is 465 g/mol. The number of nitrogens with one attached hydrogen (secondary N) is 1. The summed E-state index contributed by atoms with van der Waals surface area (Å²) in [7, 11) is 0. The zero-order chi connectivity index (χ0) is 23.4. The SMILES string of the molecule is CC(C)CCn1cnc2c1c(=O)n(CC(=O)NCc1cccs1)c(=O)n2Cc1ccccc1. The normalized spacial score (nSPS) is 11.4. The third-order valence-corrected chi connectivity index (χ3v) is 6.33. The highest BCUT2D eigenvalue weighted by molar-refractivity contribution is 7.09. The van der Waals surface area contributed by atoms with Crippen molar-refractivity contribution in [1.82, 2.24) is 24.0 Å². The van der Waals surface area contributed by atoms with Crippen LogP contribution in [0.3, 0.4) is 0 Å². The van der Waals surface area contributed by atoms with Gasteiger partial charge in [-0.1, -0.05) is 50.2 Å². The molecule has 0 bridgehead atoms. The Morgan fingerprint density at radius 2 is 1.88 bits per heavy atom. The van der Waals surface area contributed by atoms with Gasteiger partial charge in [0.15, 0.2) is 11.2 Å². The molecule has 0 fully saturated rings. The van der Waals surface area contributed by atoms with E-state index in [1.54, 1.807) is 10.9 Å². The van der Waals surface area contributed by atoms with Crippen LogP contribution < -0.4 is 16.6 Å². The molecule has 3 heterocycles. The van der Waals surface area contributed by atoms with Crippen molar-refractivity contribution >= 4 is 28.4 Å². The summed E-state index contributed by atoms with van der Waals surface area (Å²) < 4.78 is 4.28. The molecule has 172 valence electrons. The van der Waals surface area contributed by atoms with Crippen molar-refractivity contribution in [2.45, 2.75) is 46.4 Å². The molecule has 1 N–H and O–H groups in total. The summed E-state index contributed by atoms with van der Waals surface area (Å²) in [4.78, 5) is 44.7. The smallest absolute Gasteiger partial charge is 0.333 e. The summed E-state index contributed by atoms with van der Waals surface area (Å²) in [5, 5.41) is 4.73. The van der Waals surface area contributed by atoms with E-state index in [0.717, 1.165) is 21.4 Å². The van der Waals surface area contributed by atoms with Crippen LogP contribution in [0.4, 0.5) is 0 Å². The summed E-state index contributed by atoms with van der Waals surface area (Å²) in [6.45, 7) is 5.11. The summed E-state index contributed by atoms with van der Waals surface area (Å²) >= 11 is 1.53. The second-order valence-corrected chi connectivity index (χ2v) is 9.43. The van der Waals surface area contributed by atoms with Gasteiger partial charge in [-0.3, -0.25) is 14.2 Å². The molecule has 4 rings (SSSR count). The standard InChI is InChI=1S/C24H27N5O3S/c1-17(2)10-11-27-16-26-22-21(27)23(31)29(15-20(30)25-13-19-9-6-12-33-19)24(32)28(22)14-18-7-4-3-5-8-18/h3-9,12,16-17H,10-11,13-15H2,1-2H3,(H,25,30). The van der Waals surface area contributed by atoms with E-state index in [2.05, 4.69) is 24.1 Å². The zero-order valence-electron chi connectivity index (χ0n) is 18.7. The van der Waals surface area contributed by atoms with Crippen LogP contribution in [0.1, 0.15) is 30.7 Å². The number of hydrogen-bond acceptors (Lipinski definition) is 5. The molecule has 0 aliphatic carbocycles. The molecule has 3 aromatic heterocycles. The minimum Gasteiger partial charge on any atom is -0.350 e. The molecule has 0 radical (unpaired) electrons. The lowest BCUT2D eigenvalue weighted by atomic mass is 10.1. The average Bonchev–Trinajstić information content (AvgIpc) is 3.47. The van der Waals surface area contributed by atoms with Crippen molar-refractivity contribution in [2.75, 3.05) is 0 Å². The first kappa shape index (κ1) is 22.7. The van der Waals surface area contributed by atoms with Crippen molar-refractivity contribution in [3.63, 3.8) is 0 Å². The Bertz CT molecular complexity index is 1350. The van der Waals surface area contributed by atoms with Gasteiger partial charge in [0.1, 0.15) is 6.54 Å². The number of carbonyl (C=O) groups excluding carboxylic acids is 1. The third kappa shape index (κ3) is 5.14. The zero-order valence-corrected chi connectivity index (χ0v) is 19.5. The second-order valence-electron chi connectivity index (χ2n) is 8.39. The predicted molar refractivity (Wildman–Crippen MR) is 129 cm³/mol. The summed E-state index contributed by atoms with van der Waals surface area (Å²) in [5.41, 5.74) is 0.554. The number of rotatable bonds is 9. The lowest BCUT2D eigenvalue weighted by Gasteiger charge is -2.13. The van der Waals surface area contributed by atoms with Gasteiger partial charge in [-0.05, 0) is 29.3 Å². The van der Waals surface area contributed by atoms with Gasteiger partial charge < -0.3 is 9.88 Å². The van der Waals surface area contributed by atoms with E-state index in [0.29, 0.717) is 30.2 Å². The number of carbonyl (C=O) groups is 1. The molecule has 33 heavy (non-hydrogen) atoms. The van der Waals surface area contributed by atoms with Crippen molar-refractivity contribution < 1.29 is 4.79 Å². The van der Waals surface area contributed by atoms with E-state index in [1.807, 2.05) is 47.8 Å². The van der Waals surface area contributed by atoms with Gasteiger partial charge in [0.25, 0.3) is 5.56 Å². The Morgan fingerprint density at radius 3 is 2.58 bits per heavy atom. The predicted octanol–water partition coefficient (Wildman–Crippen LogP) is 2.83. The number of aryl methyl sites for hydroxylation is 1. The Kier molecular flexibility index (Phi) is 6.88. The third-order valence-electron chi connectivity index (χ3n) is 5.46. The van der Waals surface area contributed by atoms with E-state index in [4.69, 9.17) is 0 Å². The molecule has 0 saturated carbocycles. The van der Waals surface area contributed by atoms with Gasteiger partial charge in [-0.2, -0.15) is 0 Å². The highest BCUT2D eigenvalue weighted by atomic mass is 32.1. The van der Waals surface area contributed by atoms with E-state index in [-0.39, 0.29) is 19.0 Å². The molecule has 8 nitrogen and oxygen atoms in total. The lowest BCUT2D eigenvalue weighted by molar-refractivity contribution is -0.121. The first-order valence-corrected chi connectivity index (χ1v) is 11.8. The van der Waals surface area contributed by atoms with Gasteiger partial charge >= 0.3 is 5.69 Å². The molecule has 0 aliphatic heterocycles. The molecular weight excluding hydrogens is 438 g/mol. The van der Waals surface area contributed by atoms with Crippen LogP contribution in [0, 0.1) is 5.92 Å². The van der Waals surface area contributed by atoms with Crippen LogP contribution in [-0.2, 0) is 31.0 Å². The number of benzene rings is 1. The van der Waals surface area contributed by atoms with Gasteiger partial charge in [-0.15, -0.1) is 11.3 Å². The molecule has 1 amide bonds. The summed E-state index contributed by atoms with van der Waals surface area (Å²) in [5.74, 6) is 0.0596. The fourth-order valence-corrected chi connectivity index (χ4v) is 4.30. The van der Waals surface area contributed by atoms with Crippen LogP contribution in [0.5, 0.6) is 0 Å². The average molecular weight is 466 g/mol. The number of aromatic nitrogens is 4. The summed E-state index contributed by atoms with van der Waals surface area (Å²) in [6.07, 6.45) is 2.47. The minimum absolute atomic E-state index is 0.258. The molecular formula is C24H27N5O3S. The molecule has 0 unspecified atom stereocenters. The van der Waals surface area contributed by atoms with Crippen LogP contribution in [0.25, 0.3) is 11.2 Å². The van der Waals surface area contributed by atoms with Crippen LogP contribution in [0.2, 0.25) is 0 Å². The topological polar surface area (TPSA) is 90.9 Å². The number of imidazole rings is 1. The maximum absolute atomic E-state index is 13.4. The van der Waals surface area contributed by atoms with E-state index >= 15 is 0 Å². The molecule has 0 atom stereocenters. The van der Waals surface area contributed by atoms with Crippen molar-refractivity contribution in [2.24, 2.45) is 5.92 Å². The van der Waals surface area contributed by atoms with Gasteiger partial charge in [0, 0.05) is 11.4 Å². The number of amides is 1. The van der Waals surface area contributed by atoms with E-state index in [9.17, 15) is 14.4 Å². The number of hydrogen-bond donors (Lipinski definition) is 1. The van der Waals surface area contributed by atoms with Gasteiger partial charge in [0.05, 0.1) is 19.4 Å². The Morgan fingerprint density at radius 1 is 1.09 bits per heavy atom. The van der Waals surface area contributed by atoms with Gasteiger partial charge in [-0.25, -0.2) is 14.3 Å². The van der Waals surface area contributed by atoms with Crippen LogP contribution in [-0.4, -0.2) is 24.6 Å². The minimum atomic E-state index is -0.545. The lowest BCUT2D eigenvalue weighted by Crippen LogP contribution is -2.44. The van der Waals surface area contributed by atoms with Crippen molar-refractivity contribution in [3.05, 3.63) is 85.5 Å². The Labute approximate surface area is 195 Å². The maximum Gasteiger partial charge on any atom is 0.333 e. The molecule has 1 aromatic carbocycles. The van der Waals surface area contributed by atoms with E-state index in [1.165, 1.54) is 15.9 Å².